The molecule has 23 heavy (non-hydrogen) atoms. The van der Waals surface area contributed by atoms with Gasteiger partial charge in [-0.15, -0.1) is 0 Å². The Morgan fingerprint density at radius 3 is 2.22 bits per heavy atom. The third kappa shape index (κ3) is 2.80. The fraction of sp³-hybridized carbons (Fsp3) is 0.400. The van der Waals surface area contributed by atoms with Crippen LogP contribution in [0.15, 0.2) is 54.6 Å². The summed E-state index contributed by atoms with van der Waals surface area (Å²) < 4.78 is 0. The highest BCUT2D eigenvalue weighted by atomic mass is 35.5. The first-order valence-electron chi connectivity index (χ1n) is 8.43. The van der Waals surface area contributed by atoms with Gasteiger partial charge in [0.2, 0.25) is 0 Å². The lowest BCUT2D eigenvalue weighted by molar-refractivity contribution is -0.0594. The first-order chi connectivity index (χ1) is 11.2. The van der Waals surface area contributed by atoms with Crippen molar-refractivity contribution in [1.82, 2.24) is 4.90 Å². The van der Waals surface area contributed by atoms with Gasteiger partial charge < -0.3 is 5.11 Å². The van der Waals surface area contributed by atoms with Gasteiger partial charge in [-0.2, -0.15) is 0 Å². The molecule has 0 aliphatic carbocycles. The number of fused-ring (bicyclic) bond motifs is 2. The maximum Gasteiger partial charge on any atom is 0.0940 e. The summed E-state index contributed by atoms with van der Waals surface area (Å²) in [6, 6.07) is 19.3. The van der Waals surface area contributed by atoms with E-state index < -0.39 is 5.60 Å². The quantitative estimate of drug-likeness (QED) is 0.905. The van der Waals surface area contributed by atoms with Gasteiger partial charge >= 0.3 is 0 Å². The molecule has 0 spiro atoms. The van der Waals surface area contributed by atoms with Crippen LogP contribution in [0.5, 0.6) is 0 Å². The normalized spacial score (nSPS) is 30.5. The predicted octanol–water partition coefficient (Wildman–Crippen LogP) is 4.35. The molecule has 2 aliphatic rings. The molecule has 0 aromatic heterocycles. The largest absolute Gasteiger partial charge is 0.385 e. The molecule has 0 amide bonds. The third-order valence-electron chi connectivity index (χ3n) is 5.50. The van der Waals surface area contributed by atoms with Crippen LogP contribution in [0, 0.1) is 0 Å². The fourth-order valence-electron chi connectivity index (χ4n) is 4.43. The molecular weight excluding hydrogens is 306 g/mol. The standard InChI is InChI=1S/C20H22ClNO/c21-19-9-5-4-8-18(19)20(23)12-16-10-11-17(13-20)22(16)14-15-6-2-1-3-7-15/h1-9,16-17,23H,10-14H2. The van der Waals surface area contributed by atoms with E-state index in [1.54, 1.807) is 0 Å². The van der Waals surface area contributed by atoms with E-state index in [0.717, 1.165) is 24.9 Å². The van der Waals surface area contributed by atoms with E-state index in [0.29, 0.717) is 17.1 Å². The van der Waals surface area contributed by atoms with Crippen molar-refractivity contribution < 1.29 is 5.11 Å². The van der Waals surface area contributed by atoms with Gasteiger partial charge in [-0.3, -0.25) is 4.90 Å². The Balaban J connectivity index is 1.57. The second kappa shape index (κ2) is 5.94. The summed E-state index contributed by atoms with van der Waals surface area (Å²) in [6.07, 6.45) is 3.90. The molecule has 0 radical (unpaired) electrons. The fourth-order valence-corrected chi connectivity index (χ4v) is 4.74. The SMILES string of the molecule is OC1(c2ccccc2Cl)CC2CCC(C1)N2Cc1ccccc1. The molecule has 3 heteroatoms. The minimum atomic E-state index is -0.780. The van der Waals surface area contributed by atoms with Crippen LogP contribution in [0.1, 0.15) is 36.8 Å². The summed E-state index contributed by atoms with van der Waals surface area (Å²) in [6.45, 7) is 0.981. The van der Waals surface area contributed by atoms with Crippen LogP contribution in [0.2, 0.25) is 5.02 Å². The van der Waals surface area contributed by atoms with Crippen molar-refractivity contribution in [2.75, 3.05) is 0 Å². The number of piperidine rings is 1. The van der Waals surface area contributed by atoms with E-state index in [9.17, 15) is 5.11 Å². The Labute approximate surface area is 142 Å². The average Bonchev–Trinajstić information content (AvgIpc) is 2.80. The van der Waals surface area contributed by atoms with Gasteiger partial charge in [0.05, 0.1) is 5.60 Å². The summed E-state index contributed by atoms with van der Waals surface area (Å²) in [5, 5.41) is 12.0. The van der Waals surface area contributed by atoms with Crippen LogP contribution in [-0.2, 0) is 12.1 Å². The van der Waals surface area contributed by atoms with Gasteiger partial charge in [0.15, 0.2) is 0 Å². The molecule has 2 bridgehead atoms. The summed E-state index contributed by atoms with van der Waals surface area (Å²) in [4.78, 5) is 2.58. The van der Waals surface area contributed by atoms with Crippen molar-refractivity contribution in [3.8, 4) is 0 Å². The Hall–Kier alpha value is -1.35. The molecule has 2 fully saturated rings. The van der Waals surface area contributed by atoms with Gasteiger partial charge in [0, 0.05) is 29.2 Å². The van der Waals surface area contributed by atoms with Crippen LogP contribution >= 0.6 is 11.6 Å². The zero-order chi connectivity index (χ0) is 15.9. The number of hydrogen-bond donors (Lipinski definition) is 1. The molecule has 2 aliphatic heterocycles. The molecule has 0 saturated carbocycles. The second-order valence-electron chi connectivity index (χ2n) is 6.96. The first kappa shape index (κ1) is 15.2. The molecule has 4 rings (SSSR count). The van der Waals surface area contributed by atoms with Crippen LogP contribution in [0.4, 0.5) is 0 Å². The average molecular weight is 328 g/mol. The lowest BCUT2D eigenvalue weighted by Gasteiger charge is -2.44. The Bertz CT molecular complexity index is 673. The Morgan fingerprint density at radius 2 is 1.57 bits per heavy atom. The number of rotatable bonds is 3. The van der Waals surface area contributed by atoms with E-state index in [2.05, 4.69) is 35.2 Å². The molecule has 2 aromatic rings. The lowest BCUT2D eigenvalue weighted by Crippen LogP contribution is -2.49. The molecule has 2 heterocycles. The molecule has 2 nitrogen and oxygen atoms in total. The molecule has 2 aromatic carbocycles. The van der Waals surface area contributed by atoms with E-state index in [1.165, 1.54) is 18.4 Å². The Kier molecular flexibility index (Phi) is 3.92. The Morgan fingerprint density at radius 1 is 0.957 bits per heavy atom. The van der Waals surface area contributed by atoms with Crippen molar-refractivity contribution >= 4 is 11.6 Å². The van der Waals surface area contributed by atoms with Crippen molar-refractivity contribution in [3.63, 3.8) is 0 Å². The summed E-state index contributed by atoms with van der Waals surface area (Å²) in [7, 11) is 0. The molecule has 2 saturated heterocycles. The monoisotopic (exact) mass is 327 g/mol. The number of aliphatic hydroxyl groups is 1. The topological polar surface area (TPSA) is 23.5 Å². The van der Waals surface area contributed by atoms with Crippen LogP contribution in [-0.4, -0.2) is 22.1 Å². The van der Waals surface area contributed by atoms with E-state index in [-0.39, 0.29) is 0 Å². The van der Waals surface area contributed by atoms with Crippen molar-refractivity contribution in [3.05, 3.63) is 70.7 Å². The van der Waals surface area contributed by atoms with Gasteiger partial charge in [0.1, 0.15) is 0 Å². The highest BCUT2D eigenvalue weighted by Crippen LogP contribution is 2.47. The second-order valence-corrected chi connectivity index (χ2v) is 7.37. The van der Waals surface area contributed by atoms with Crippen LogP contribution in [0.25, 0.3) is 0 Å². The zero-order valence-electron chi connectivity index (χ0n) is 13.2. The minimum Gasteiger partial charge on any atom is -0.385 e. The van der Waals surface area contributed by atoms with Crippen molar-refractivity contribution in [2.24, 2.45) is 0 Å². The van der Waals surface area contributed by atoms with E-state index in [1.807, 2.05) is 24.3 Å². The molecule has 120 valence electrons. The van der Waals surface area contributed by atoms with Gasteiger partial charge in [-0.1, -0.05) is 60.1 Å². The van der Waals surface area contributed by atoms with Crippen molar-refractivity contribution in [2.45, 2.75) is 49.9 Å². The van der Waals surface area contributed by atoms with Crippen LogP contribution < -0.4 is 0 Å². The minimum absolute atomic E-state index is 0.440. The van der Waals surface area contributed by atoms with Crippen LogP contribution in [0.3, 0.4) is 0 Å². The number of benzene rings is 2. The number of nitrogens with zero attached hydrogens (tertiary/aromatic N) is 1. The van der Waals surface area contributed by atoms with Gasteiger partial charge in [0.25, 0.3) is 0 Å². The van der Waals surface area contributed by atoms with Gasteiger partial charge in [-0.25, -0.2) is 0 Å². The summed E-state index contributed by atoms with van der Waals surface area (Å²) in [5.74, 6) is 0. The first-order valence-corrected chi connectivity index (χ1v) is 8.80. The van der Waals surface area contributed by atoms with E-state index >= 15 is 0 Å². The number of halogens is 1. The summed E-state index contributed by atoms with van der Waals surface area (Å²) in [5.41, 5.74) is 1.47. The van der Waals surface area contributed by atoms with Crippen molar-refractivity contribution in [1.29, 1.82) is 0 Å². The number of hydrogen-bond acceptors (Lipinski definition) is 2. The third-order valence-corrected chi connectivity index (χ3v) is 5.83. The summed E-state index contributed by atoms with van der Waals surface area (Å²) >= 11 is 6.36. The van der Waals surface area contributed by atoms with E-state index in [4.69, 9.17) is 11.6 Å². The highest BCUT2D eigenvalue weighted by Gasteiger charge is 2.48. The van der Waals surface area contributed by atoms with Gasteiger partial charge in [-0.05, 0) is 37.3 Å². The lowest BCUT2D eigenvalue weighted by atomic mass is 9.80. The predicted molar refractivity (Wildman–Crippen MR) is 93.4 cm³/mol. The molecular formula is C20H22ClNO. The maximum atomic E-state index is 11.3. The highest BCUT2D eigenvalue weighted by molar-refractivity contribution is 6.31. The molecule has 1 N–H and O–H groups in total. The molecule has 2 unspecified atom stereocenters. The molecule has 2 atom stereocenters. The maximum absolute atomic E-state index is 11.3. The smallest absolute Gasteiger partial charge is 0.0940 e. The zero-order valence-corrected chi connectivity index (χ0v) is 13.9.